The van der Waals surface area contributed by atoms with Crippen molar-refractivity contribution in [3.05, 3.63) is 94.3 Å². The van der Waals surface area contributed by atoms with Crippen LogP contribution in [0.25, 0.3) is 0 Å². The fourth-order valence-corrected chi connectivity index (χ4v) is 9.02. The summed E-state index contributed by atoms with van der Waals surface area (Å²) in [6.07, 6.45) is 0.386. The minimum Gasteiger partial charge on any atom is -0.244 e. The van der Waals surface area contributed by atoms with Crippen molar-refractivity contribution in [1.82, 2.24) is 0 Å². The van der Waals surface area contributed by atoms with Crippen LogP contribution in [0.5, 0.6) is 0 Å². The maximum atomic E-state index is 15.5. The molecule has 10 heteroatoms. The highest BCUT2D eigenvalue weighted by Gasteiger charge is 2.85. The predicted molar refractivity (Wildman–Crippen MR) is 136 cm³/mol. The first kappa shape index (κ1) is 24.9. The van der Waals surface area contributed by atoms with Gasteiger partial charge in [-0.2, -0.15) is 26.3 Å². The van der Waals surface area contributed by atoms with Crippen molar-refractivity contribution in [1.29, 1.82) is 0 Å². The molecule has 2 heterocycles. The lowest BCUT2D eigenvalue weighted by atomic mass is 9.73. The summed E-state index contributed by atoms with van der Waals surface area (Å²) in [5, 5.41) is 0.669. The van der Waals surface area contributed by atoms with Gasteiger partial charge in [-0.1, -0.05) is 98.0 Å². The lowest BCUT2D eigenvalue weighted by Gasteiger charge is -2.48. The molecule has 0 N–H and O–H groups in total. The lowest BCUT2D eigenvalue weighted by Crippen LogP contribution is -2.52. The molecule has 192 valence electrons. The van der Waals surface area contributed by atoms with Crippen molar-refractivity contribution in [3.8, 4) is 0 Å². The number of nitrogens with zero attached hydrogens (tertiary/aromatic N) is 2. The van der Waals surface area contributed by atoms with Crippen LogP contribution in [0.1, 0.15) is 37.8 Å². The second-order valence-corrected chi connectivity index (χ2v) is 11.9. The number of hydrogen-bond donors (Lipinski definition) is 0. The number of benzene rings is 2. The second-order valence-electron chi connectivity index (χ2n) is 9.30. The predicted octanol–water partition coefficient (Wildman–Crippen LogP) is 8.11. The number of rotatable bonds is 4. The number of aliphatic imine (C=N–C) groups is 2. The molecule has 1 fully saturated rings. The molecule has 2 aliphatic carbocycles. The second kappa shape index (κ2) is 7.79. The van der Waals surface area contributed by atoms with Gasteiger partial charge in [0, 0.05) is 11.1 Å². The van der Waals surface area contributed by atoms with Crippen molar-refractivity contribution >= 4 is 33.6 Å². The van der Waals surface area contributed by atoms with Gasteiger partial charge in [-0.05, 0) is 12.8 Å². The number of thioether (sulfide) groups is 2. The molecule has 0 saturated heterocycles. The van der Waals surface area contributed by atoms with Crippen molar-refractivity contribution < 1.29 is 26.3 Å². The first-order valence-corrected chi connectivity index (χ1v) is 13.4. The van der Waals surface area contributed by atoms with E-state index in [2.05, 4.69) is 9.98 Å². The Labute approximate surface area is 218 Å². The Morgan fingerprint density at radius 2 is 0.946 bits per heavy atom. The molecule has 37 heavy (non-hydrogen) atoms. The van der Waals surface area contributed by atoms with E-state index in [1.165, 1.54) is 23.5 Å². The molecule has 0 amide bonds. The Balaban J connectivity index is 1.72. The zero-order chi connectivity index (χ0) is 26.4. The van der Waals surface area contributed by atoms with Crippen LogP contribution in [0.4, 0.5) is 26.3 Å². The van der Waals surface area contributed by atoms with Crippen LogP contribution in [0.3, 0.4) is 0 Å². The molecular weight excluding hydrogens is 530 g/mol. The third-order valence-electron chi connectivity index (χ3n) is 7.56. The zero-order valence-electron chi connectivity index (χ0n) is 19.7. The van der Waals surface area contributed by atoms with E-state index in [-0.39, 0.29) is 12.8 Å². The highest BCUT2D eigenvalue weighted by atomic mass is 32.2. The molecule has 2 atom stereocenters. The Kier molecular flexibility index (Phi) is 5.23. The molecule has 0 bridgehead atoms. The van der Waals surface area contributed by atoms with Gasteiger partial charge in [0.25, 0.3) is 0 Å². The first-order valence-electron chi connectivity index (χ1n) is 11.8. The van der Waals surface area contributed by atoms with Gasteiger partial charge in [0.2, 0.25) is 0 Å². The number of hydrogen-bond acceptors (Lipinski definition) is 4. The van der Waals surface area contributed by atoms with Gasteiger partial charge in [0.05, 0.1) is 32.0 Å². The van der Waals surface area contributed by atoms with Gasteiger partial charge in [0.15, 0.2) is 0 Å². The molecule has 6 rings (SSSR count). The van der Waals surface area contributed by atoms with Crippen LogP contribution in [0.2, 0.25) is 0 Å². The van der Waals surface area contributed by atoms with E-state index >= 15 is 17.6 Å². The van der Waals surface area contributed by atoms with Crippen molar-refractivity contribution in [2.45, 2.75) is 54.0 Å². The first-order chi connectivity index (χ1) is 17.5. The molecule has 4 aliphatic rings. The van der Waals surface area contributed by atoms with Crippen LogP contribution in [0, 0.1) is 0 Å². The maximum Gasteiger partial charge on any atom is 0.380 e. The van der Waals surface area contributed by atoms with Crippen LogP contribution in [-0.2, 0) is 0 Å². The molecule has 0 radical (unpaired) electrons. The number of halogens is 6. The van der Waals surface area contributed by atoms with Gasteiger partial charge >= 0.3 is 17.8 Å². The molecule has 2 nitrogen and oxygen atoms in total. The van der Waals surface area contributed by atoms with E-state index in [1.807, 2.05) is 0 Å². The smallest absolute Gasteiger partial charge is 0.244 e. The molecule has 2 aliphatic heterocycles. The minimum absolute atomic E-state index is 0.193. The van der Waals surface area contributed by atoms with Gasteiger partial charge in [-0.25, -0.2) is 9.98 Å². The third-order valence-corrected chi connectivity index (χ3v) is 11.1. The maximum absolute atomic E-state index is 15.5. The standard InChI is InChI=1S/C27H20F6N2S2/c1-3-23-19(34-21(36-23)15-11-7-5-8-12-15)17-18(26(30,31)27(32,33)25(17,28)29)20-24(23,4-2)37-22(35-20)16-13-9-6-10-14-16/h5-14H,3-4H2,1-2H3. The van der Waals surface area contributed by atoms with Gasteiger partial charge < -0.3 is 0 Å². The highest BCUT2D eigenvalue weighted by Crippen LogP contribution is 2.74. The Bertz CT molecular complexity index is 1320. The highest BCUT2D eigenvalue weighted by molar-refractivity contribution is 8.20. The van der Waals surface area contributed by atoms with E-state index in [0.717, 1.165) is 0 Å². The van der Waals surface area contributed by atoms with E-state index in [4.69, 9.17) is 0 Å². The molecule has 2 unspecified atom stereocenters. The number of alkyl halides is 6. The summed E-state index contributed by atoms with van der Waals surface area (Å²) in [7, 11) is 0. The average molecular weight is 551 g/mol. The summed E-state index contributed by atoms with van der Waals surface area (Å²) < 4.78 is 89.2. The average Bonchev–Trinajstić information content (AvgIpc) is 3.51. The number of allylic oxidation sites excluding steroid dienone is 2. The normalized spacial score (nSPS) is 30.6. The fraction of sp³-hybridized carbons (Fsp3) is 0.333. The van der Waals surface area contributed by atoms with E-state index < -0.39 is 49.8 Å². The minimum atomic E-state index is -5.63. The van der Waals surface area contributed by atoms with E-state index in [9.17, 15) is 8.78 Å². The molecule has 1 saturated carbocycles. The van der Waals surface area contributed by atoms with Gasteiger partial charge in [-0.3, -0.25) is 0 Å². The molecular formula is C27H20F6N2S2. The molecule has 0 aromatic heterocycles. The molecule has 0 spiro atoms. The van der Waals surface area contributed by atoms with Crippen LogP contribution < -0.4 is 0 Å². The summed E-state index contributed by atoms with van der Waals surface area (Å²) in [6.45, 7) is 3.50. The number of fused-ring (bicyclic) bond motifs is 4. The lowest BCUT2D eigenvalue weighted by molar-refractivity contribution is -0.258. The topological polar surface area (TPSA) is 24.7 Å². The van der Waals surface area contributed by atoms with Crippen molar-refractivity contribution in [2.75, 3.05) is 0 Å². The third kappa shape index (κ3) is 2.83. The van der Waals surface area contributed by atoms with Crippen molar-refractivity contribution in [3.63, 3.8) is 0 Å². The van der Waals surface area contributed by atoms with E-state index in [1.54, 1.807) is 74.5 Å². The monoisotopic (exact) mass is 550 g/mol. The summed E-state index contributed by atoms with van der Waals surface area (Å²) in [4.78, 5) is 8.92. The SMILES string of the molecule is CCC12SC(c3ccccc3)=NC1=C1C(=C3N=C(c4ccccc4)SC32CC)C(F)(F)C(F)(F)C1(F)F. The van der Waals surface area contributed by atoms with Crippen LogP contribution >= 0.6 is 23.5 Å². The van der Waals surface area contributed by atoms with Crippen LogP contribution in [0.15, 0.2) is 93.2 Å². The quantitative estimate of drug-likeness (QED) is 0.359. The van der Waals surface area contributed by atoms with Crippen molar-refractivity contribution in [2.24, 2.45) is 9.98 Å². The van der Waals surface area contributed by atoms with E-state index in [0.29, 0.717) is 21.2 Å². The van der Waals surface area contributed by atoms with Gasteiger partial charge in [-0.15, -0.1) is 0 Å². The molecule has 2 aromatic carbocycles. The fourth-order valence-electron chi connectivity index (χ4n) is 5.74. The Morgan fingerprint density at radius 1 is 0.595 bits per heavy atom. The zero-order valence-corrected chi connectivity index (χ0v) is 21.3. The summed E-state index contributed by atoms with van der Waals surface area (Å²) in [6, 6.07) is 17.5. The molecule has 2 aromatic rings. The summed E-state index contributed by atoms with van der Waals surface area (Å²) in [5.41, 5.74) is -2.33. The van der Waals surface area contributed by atoms with Crippen LogP contribution in [-0.4, -0.2) is 37.3 Å². The Hall–Kier alpha value is -2.46. The Morgan fingerprint density at radius 3 is 1.27 bits per heavy atom. The van der Waals surface area contributed by atoms with Gasteiger partial charge in [0.1, 0.15) is 10.1 Å². The summed E-state index contributed by atoms with van der Waals surface area (Å²) >= 11 is 2.37. The largest absolute Gasteiger partial charge is 0.380 e. The summed E-state index contributed by atoms with van der Waals surface area (Å²) in [5.74, 6) is -15.9.